The predicted octanol–water partition coefficient (Wildman–Crippen LogP) is -2.10. The number of aliphatic hydroxyl groups excluding tert-OH is 2. The smallest absolute Gasteiger partial charge is 0.426 e. The Kier molecular flexibility index (Phi) is 8.90. The average molecular weight is 279 g/mol. The largest absolute Gasteiger partial charge is 0.433 e. The molecular formula is C9H17N3O7. The molecule has 19 heavy (non-hydrogen) atoms. The third-order valence-corrected chi connectivity index (χ3v) is 1.56. The van der Waals surface area contributed by atoms with E-state index in [1.54, 1.807) is 0 Å². The van der Waals surface area contributed by atoms with Crippen molar-refractivity contribution in [2.75, 3.05) is 13.2 Å². The van der Waals surface area contributed by atoms with Gasteiger partial charge in [0, 0.05) is 0 Å². The minimum Gasteiger partial charge on any atom is -0.433 e. The van der Waals surface area contributed by atoms with Gasteiger partial charge in [-0.2, -0.15) is 4.90 Å². The molecule has 1 aliphatic heterocycles. The van der Waals surface area contributed by atoms with E-state index < -0.39 is 23.6 Å². The number of carbonyl (C=O) groups excluding carboxylic acids is 4. The fourth-order valence-corrected chi connectivity index (χ4v) is 0.850. The number of imide groups is 3. The Morgan fingerprint density at radius 3 is 1.84 bits per heavy atom. The second-order valence-corrected chi connectivity index (χ2v) is 3.44. The number of hydrogen-bond donors (Lipinski definition) is 4. The van der Waals surface area contributed by atoms with Crippen LogP contribution in [0.1, 0.15) is 13.8 Å². The molecule has 110 valence electrons. The highest BCUT2D eigenvalue weighted by molar-refractivity contribution is 6.14. The third-order valence-electron chi connectivity index (χ3n) is 1.56. The van der Waals surface area contributed by atoms with Crippen LogP contribution < -0.4 is 11.5 Å². The molecule has 1 aliphatic rings. The van der Waals surface area contributed by atoms with Gasteiger partial charge in [-0.05, 0) is 13.8 Å². The summed E-state index contributed by atoms with van der Waals surface area (Å²) in [7, 11) is 0. The molecule has 0 atom stereocenters. The first kappa shape index (κ1) is 19.1. The molecule has 0 bridgehead atoms. The summed E-state index contributed by atoms with van der Waals surface area (Å²) in [6, 6.07) is -1.12. The van der Waals surface area contributed by atoms with Gasteiger partial charge in [0.15, 0.2) is 5.60 Å². The van der Waals surface area contributed by atoms with Gasteiger partial charge in [0.1, 0.15) is 0 Å². The summed E-state index contributed by atoms with van der Waals surface area (Å²) in [4.78, 5) is 41.4. The first-order valence-corrected chi connectivity index (χ1v) is 4.93. The monoisotopic (exact) mass is 279 g/mol. The van der Waals surface area contributed by atoms with E-state index >= 15 is 0 Å². The molecule has 5 amide bonds. The fourth-order valence-electron chi connectivity index (χ4n) is 0.850. The van der Waals surface area contributed by atoms with Crippen LogP contribution in [0, 0.1) is 0 Å². The summed E-state index contributed by atoms with van der Waals surface area (Å²) in [6.45, 7) is 2.52. The van der Waals surface area contributed by atoms with E-state index in [1.165, 1.54) is 13.8 Å². The SMILES string of the molecule is CC1(C)OC(=O)N(C(N)=O)C1=O.NC=O.OCCO. The molecular weight excluding hydrogens is 262 g/mol. The molecule has 0 radical (unpaired) electrons. The van der Waals surface area contributed by atoms with Crippen LogP contribution in [0.4, 0.5) is 9.59 Å². The number of rotatable bonds is 1. The van der Waals surface area contributed by atoms with Crippen LogP contribution in [0.3, 0.4) is 0 Å². The van der Waals surface area contributed by atoms with E-state index in [4.69, 9.17) is 20.7 Å². The number of carbonyl (C=O) groups is 4. The number of ether oxygens (including phenoxy) is 1. The molecule has 0 spiro atoms. The quantitative estimate of drug-likeness (QED) is 0.397. The highest BCUT2D eigenvalue weighted by atomic mass is 16.6. The van der Waals surface area contributed by atoms with Crippen molar-refractivity contribution in [1.29, 1.82) is 0 Å². The molecule has 10 heteroatoms. The predicted molar refractivity (Wildman–Crippen MR) is 61.4 cm³/mol. The second-order valence-electron chi connectivity index (χ2n) is 3.44. The number of urea groups is 1. The standard InChI is InChI=1S/C6H8N2O4.C2H6O2.CH3NO/c1-6(2)3(9)8(4(7)10)5(11)12-6;3-1-2-4;2-1-3/h1-2H3,(H2,7,10);3-4H,1-2H2;1H,(H2,2,3). The number of primary amides is 2. The Bertz CT molecular complexity index is 341. The lowest BCUT2D eigenvalue weighted by Gasteiger charge is -2.10. The Labute approximate surface area is 108 Å². The minimum atomic E-state index is -1.29. The van der Waals surface area contributed by atoms with Gasteiger partial charge >= 0.3 is 12.1 Å². The van der Waals surface area contributed by atoms with Crippen molar-refractivity contribution >= 4 is 24.4 Å². The zero-order valence-electron chi connectivity index (χ0n) is 10.5. The second kappa shape index (κ2) is 8.83. The van der Waals surface area contributed by atoms with E-state index in [0.717, 1.165) is 0 Å². The molecule has 0 aromatic rings. The molecule has 1 saturated heterocycles. The van der Waals surface area contributed by atoms with E-state index in [0.29, 0.717) is 0 Å². The van der Waals surface area contributed by atoms with Crippen molar-refractivity contribution in [3.63, 3.8) is 0 Å². The summed E-state index contributed by atoms with van der Waals surface area (Å²) in [5.74, 6) is -0.736. The van der Waals surface area contributed by atoms with Gasteiger partial charge in [-0.25, -0.2) is 9.59 Å². The Hall–Kier alpha value is -2.20. The Morgan fingerprint density at radius 2 is 1.74 bits per heavy atom. The van der Waals surface area contributed by atoms with Crippen LogP contribution in [-0.4, -0.2) is 58.4 Å². The maximum absolute atomic E-state index is 11.2. The number of cyclic esters (lactones) is 1. The normalized spacial score (nSPS) is 15.5. The maximum Gasteiger partial charge on any atom is 0.426 e. The highest BCUT2D eigenvalue weighted by Gasteiger charge is 2.49. The zero-order valence-corrected chi connectivity index (χ0v) is 10.5. The summed E-state index contributed by atoms with van der Waals surface area (Å²) in [6.07, 6.45) is -0.766. The van der Waals surface area contributed by atoms with Gasteiger partial charge in [0.25, 0.3) is 5.91 Å². The highest BCUT2D eigenvalue weighted by Crippen LogP contribution is 2.22. The van der Waals surface area contributed by atoms with Crippen LogP contribution in [0.15, 0.2) is 0 Å². The summed E-state index contributed by atoms with van der Waals surface area (Å²) < 4.78 is 4.57. The van der Waals surface area contributed by atoms with Crippen molar-refractivity contribution in [3.8, 4) is 0 Å². The van der Waals surface area contributed by atoms with E-state index in [9.17, 15) is 14.4 Å². The van der Waals surface area contributed by atoms with Crippen molar-refractivity contribution in [2.24, 2.45) is 11.5 Å². The first-order valence-electron chi connectivity index (χ1n) is 4.93. The third kappa shape index (κ3) is 6.33. The van der Waals surface area contributed by atoms with Gasteiger partial charge in [0.05, 0.1) is 13.2 Å². The van der Waals surface area contributed by atoms with Crippen LogP contribution in [0.2, 0.25) is 0 Å². The molecule has 1 heterocycles. The fraction of sp³-hybridized carbons (Fsp3) is 0.556. The van der Waals surface area contributed by atoms with Crippen LogP contribution >= 0.6 is 0 Å². The molecule has 6 N–H and O–H groups in total. The van der Waals surface area contributed by atoms with Crippen LogP contribution in [0.25, 0.3) is 0 Å². The van der Waals surface area contributed by atoms with E-state index in [2.05, 4.69) is 10.5 Å². The van der Waals surface area contributed by atoms with Crippen molar-refractivity contribution < 1.29 is 34.1 Å². The lowest BCUT2D eigenvalue weighted by molar-refractivity contribution is -0.132. The van der Waals surface area contributed by atoms with Crippen molar-refractivity contribution in [1.82, 2.24) is 4.90 Å². The topological polar surface area (TPSA) is 173 Å². The summed E-state index contributed by atoms with van der Waals surface area (Å²) in [5, 5.41) is 15.2. The van der Waals surface area contributed by atoms with Crippen LogP contribution in [-0.2, 0) is 14.3 Å². The maximum atomic E-state index is 11.2. The molecule has 0 aliphatic carbocycles. The van der Waals surface area contributed by atoms with Crippen LogP contribution in [0.5, 0.6) is 0 Å². The molecule has 0 aromatic heterocycles. The molecule has 0 aromatic carbocycles. The molecule has 0 saturated carbocycles. The first-order chi connectivity index (χ1) is 8.69. The minimum absolute atomic E-state index is 0.125. The lowest BCUT2D eigenvalue weighted by atomic mass is 10.1. The number of aliphatic hydroxyl groups is 2. The molecule has 1 rings (SSSR count). The van der Waals surface area contributed by atoms with E-state index in [-0.39, 0.29) is 24.5 Å². The van der Waals surface area contributed by atoms with Gasteiger partial charge in [-0.3, -0.25) is 9.59 Å². The Morgan fingerprint density at radius 1 is 1.37 bits per heavy atom. The molecule has 0 unspecified atom stereocenters. The Balaban J connectivity index is 0. The number of nitrogens with zero attached hydrogens (tertiary/aromatic N) is 1. The van der Waals surface area contributed by atoms with Gasteiger partial charge in [-0.15, -0.1) is 0 Å². The number of amides is 5. The summed E-state index contributed by atoms with van der Waals surface area (Å²) >= 11 is 0. The number of nitrogens with two attached hydrogens (primary N) is 2. The lowest BCUT2D eigenvalue weighted by Crippen LogP contribution is -2.43. The van der Waals surface area contributed by atoms with E-state index in [1.807, 2.05) is 0 Å². The van der Waals surface area contributed by atoms with Gasteiger partial charge in [0.2, 0.25) is 6.41 Å². The van der Waals surface area contributed by atoms with Gasteiger partial charge < -0.3 is 26.4 Å². The average Bonchev–Trinajstić information content (AvgIpc) is 2.49. The van der Waals surface area contributed by atoms with Gasteiger partial charge in [-0.1, -0.05) is 0 Å². The van der Waals surface area contributed by atoms with Crippen molar-refractivity contribution in [2.45, 2.75) is 19.4 Å². The van der Waals surface area contributed by atoms with Crippen molar-refractivity contribution in [3.05, 3.63) is 0 Å². The zero-order chi connectivity index (χ0) is 15.6. The molecule has 10 nitrogen and oxygen atoms in total. The summed E-state index contributed by atoms with van der Waals surface area (Å²) in [5.41, 5.74) is 7.65. The molecule has 1 fully saturated rings. The number of hydrogen-bond acceptors (Lipinski definition) is 7.